The Kier molecular flexibility index (Phi) is 8.49. The van der Waals surface area contributed by atoms with Crippen molar-refractivity contribution in [1.82, 2.24) is 4.90 Å². The first-order valence-electron chi connectivity index (χ1n) is 13.1. The zero-order valence-corrected chi connectivity index (χ0v) is 22.5. The summed E-state index contributed by atoms with van der Waals surface area (Å²) in [5.74, 6) is -0.873. The summed E-state index contributed by atoms with van der Waals surface area (Å²) >= 11 is 0. The summed E-state index contributed by atoms with van der Waals surface area (Å²) in [7, 11) is 0. The summed E-state index contributed by atoms with van der Waals surface area (Å²) in [6.07, 6.45) is -14.1. The molecule has 0 N–H and O–H groups in total. The van der Waals surface area contributed by atoms with E-state index >= 15 is 0 Å². The van der Waals surface area contributed by atoms with Crippen LogP contribution in [0.25, 0.3) is 0 Å². The Morgan fingerprint density at radius 2 is 1.45 bits per heavy atom. The molecule has 1 aliphatic heterocycles. The Morgan fingerprint density at radius 1 is 0.881 bits per heavy atom. The lowest BCUT2D eigenvalue weighted by Crippen LogP contribution is -2.49. The summed E-state index contributed by atoms with van der Waals surface area (Å²) < 4.78 is 127. The SMILES string of the molecule is CCCOC(=O)N1c2ccc(C(F)(F)F)cc2C(N(Cc2cc(C(F)(F)F)cc(C(F)(F)F)c2)C(C)=O)CC1C1CC1. The molecule has 5 nitrogen and oxygen atoms in total. The lowest BCUT2D eigenvalue weighted by Gasteiger charge is -2.44. The molecule has 42 heavy (non-hydrogen) atoms. The van der Waals surface area contributed by atoms with Gasteiger partial charge in [0.05, 0.1) is 35.0 Å². The summed E-state index contributed by atoms with van der Waals surface area (Å²) in [4.78, 5) is 28.2. The molecule has 0 aromatic heterocycles. The molecular formula is C28H27F9N2O3. The van der Waals surface area contributed by atoms with Crippen LogP contribution in [0, 0.1) is 5.92 Å². The number of hydrogen-bond donors (Lipinski definition) is 0. The highest BCUT2D eigenvalue weighted by molar-refractivity contribution is 5.91. The van der Waals surface area contributed by atoms with Crippen molar-refractivity contribution >= 4 is 17.7 Å². The van der Waals surface area contributed by atoms with E-state index in [1.54, 1.807) is 6.92 Å². The fourth-order valence-corrected chi connectivity index (χ4v) is 5.28. The average Bonchev–Trinajstić information content (AvgIpc) is 3.73. The molecule has 2 aromatic rings. The zero-order chi connectivity index (χ0) is 31.2. The summed E-state index contributed by atoms with van der Waals surface area (Å²) in [5, 5.41) is 0. The standard InChI is InChI=1S/C28H27F9N2O3/c1-3-8-42-25(41)39-22-7-6-18(26(29,30)31)12-21(22)24(13-23(39)17-4-5-17)38(15(2)40)14-16-9-19(27(32,33)34)11-20(10-16)28(35,36)37/h6-7,9-12,17,23-24H,3-5,8,13-14H2,1-2H3. The van der Waals surface area contributed by atoms with E-state index in [2.05, 4.69) is 0 Å². The summed E-state index contributed by atoms with van der Waals surface area (Å²) in [6.45, 7) is 2.08. The third-order valence-electron chi connectivity index (χ3n) is 7.34. The Bertz CT molecular complexity index is 1300. The Hall–Kier alpha value is -3.45. The first kappa shape index (κ1) is 31.5. The van der Waals surface area contributed by atoms with Crippen LogP contribution in [-0.4, -0.2) is 29.5 Å². The number of benzene rings is 2. The third kappa shape index (κ3) is 6.78. The normalized spacial score (nSPS) is 19.4. The van der Waals surface area contributed by atoms with E-state index in [4.69, 9.17) is 4.74 Å². The Balaban J connectivity index is 1.85. The van der Waals surface area contributed by atoms with Crippen LogP contribution in [0.4, 0.5) is 50.0 Å². The van der Waals surface area contributed by atoms with Crippen molar-refractivity contribution in [3.05, 3.63) is 64.2 Å². The minimum absolute atomic E-state index is 0.0310. The maximum atomic E-state index is 13.7. The maximum Gasteiger partial charge on any atom is 0.416 e. The van der Waals surface area contributed by atoms with Crippen LogP contribution >= 0.6 is 0 Å². The number of carbonyl (C=O) groups excluding carboxylic acids is 2. The Labute approximate surface area is 235 Å². The molecule has 2 aliphatic rings. The van der Waals surface area contributed by atoms with Crippen LogP contribution < -0.4 is 4.90 Å². The van der Waals surface area contributed by atoms with Gasteiger partial charge in [-0.3, -0.25) is 9.69 Å². The highest BCUT2D eigenvalue weighted by Gasteiger charge is 2.47. The van der Waals surface area contributed by atoms with Crippen molar-refractivity contribution in [2.45, 2.75) is 76.7 Å². The van der Waals surface area contributed by atoms with Gasteiger partial charge in [-0.15, -0.1) is 0 Å². The highest BCUT2D eigenvalue weighted by Crippen LogP contribution is 2.50. The molecule has 0 spiro atoms. The highest BCUT2D eigenvalue weighted by atomic mass is 19.4. The number of anilines is 1. The molecule has 14 heteroatoms. The predicted octanol–water partition coefficient (Wildman–Crippen LogP) is 8.37. The van der Waals surface area contributed by atoms with Gasteiger partial charge in [-0.2, -0.15) is 39.5 Å². The number of amides is 2. The number of nitrogens with zero attached hydrogens (tertiary/aromatic N) is 2. The van der Waals surface area contributed by atoms with E-state index in [-0.39, 0.29) is 36.3 Å². The van der Waals surface area contributed by atoms with Gasteiger partial charge < -0.3 is 9.64 Å². The first-order valence-corrected chi connectivity index (χ1v) is 13.1. The van der Waals surface area contributed by atoms with Crippen molar-refractivity contribution in [1.29, 1.82) is 0 Å². The van der Waals surface area contributed by atoms with Crippen molar-refractivity contribution < 1.29 is 53.8 Å². The van der Waals surface area contributed by atoms with Crippen LogP contribution in [0.1, 0.15) is 73.4 Å². The van der Waals surface area contributed by atoms with E-state index in [1.165, 1.54) is 4.90 Å². The van der Waals surface area contributed by atoms with Gasteiger partial charge in [-0.1, -0.05) is 6.92 Å². The van der Waals surface area contributed by atoms with Gasteiger partial charge in [0.2, 0.25) is 5.91 Å². The summed E-state index contributed by atoms with van der Waals surface area (Å²) in [6, 6.07) is 1.70. The maximum absolute atomic E-state index is 13.7. The molecule has 0 radical (unpaired) electrons. The summed E-state index contributed by atoms with van der Waals surface area (Å²) in [5.41, 5.74) is -4.86. The van der Waals surface area contributed by atoms with E-state index < -0.39 is 71.4 Å². The van der Waals surface area contributed by atoms with Crippen molar-refractivity contribution in [2.24, 2.45) is 5.92 Å². The molecule has 1 saturated carbocycles. The fourth-order valence-electron chi connectivity index (χ4n) is 5.28. The second-order valence-corrected chi connectivity index (χ2v) is 10.5. The second-order valence-electron chi connectivity index (χ2n) is 10.5. The third-order valence-corrected chi connectivity index (χ3v) is 7.34. The Morgan fingerprint density at radius 3 is 1.93 bits per heavy atom. The number of ether oxygens (including phenoxy) is 1. The largest absolute Gasteiger partial charge is 0.449 e. The van der Waals surface area contributed by atoms with Gasteiger partial charge in [-0.25, -0.2) is 4.79 Å². The molecule has 2 atom stereocenters. The molecule has 1 aliphatic carbocycles. The van der Waals surface area contributed by atoms with E-state index in [0.717, 1.165) is 30.0 Å². The molecule has 2 amide bonds. The lowest BCUT2D eigenvalue weighted by molar-refractivity contribution is -0.143. The second kappa shape index (κ2) is 11.3. The average molecular weight is 611 g/mol. The van der Waals surface area contributed by atoms with Crippen LogP contribution in [0.2, 0.25) is 0 Å². The molecule has 1 fully saturated rings. The van der Waals surface area contributed by atoms with Gasteiger partial charge >= 0.3 is 24.6 Å². The van der Waals surface area contributed by atoms with Gasteiger partial charge in [0.25, 0.3) is 0 Å². The monoisotopic (exact) mass is 610 g/mol. The minimum atomic E-state index is -5.13. The molecular weight excluding hydrogens is 583 g/mol. The van der Waals surface area contributed by atoms with Crippen molar-refractivity contribution in [3.8, 4) is 0 Å². The molecule has 4 rings (SSSR count). The molecule has 0 saturated heterocycles. The smallest absolute Gasteiger partial charge is 0.416 e. The van der Waals surface area contributed by atoms with E-state index in [1.807, 2.05) is 0 Å². The molecule has 230 valence electrons. The van der Waals surface area contributed by atoms with Crippen LogP contribution in [0.5, 0.6) is 0 Å². The molecule has 2 unspecified atom stereocenters. The quantitative estimate of drug-likeness (QED) is 0.309. The number of halogens is 9. The molecule has 1 heterocycles. The van der Waals surface area contributed by atoms with Gasteiger partial charge in [0, 0.05) is 19.5 Å². The van der Waals surface area contributed by atoms with E-state index in [0.29, 0.717) is 31.4 Å². The van der Waals surface area contributed by atoms with Crippen molar-refractivity contribution in [2.75, 3.05) is 11.5 Å². The predicted molar refractivity (Wildman–Crippen MR) is 132 cm³/mol. The lowest BCUT2D eigenvalue weighted by atomic mass is 9.86. The van der Waals surface area contributed by atoms with Gasteiger partial charge in [0.1, 0.15) is 0 Å². The topological polar surface area (TPSA) is 49.9 Å². The number of fused-ring (bicyclic) bond motifs is 1. The van der Waals surface area contributed by atoms with Gasteiger partial charge in [0.15, 0.2) is 0 Å². The minimum Gasteiger partial charge on any atom is -0.449 e. The van der Waals surface area contributed by atoms with Gasteiger partial charge in [-0.05, 0) is 79.1 Å². The first-order chi connectivity index (χ1) is 19.4. The fraction of sp³-hybridized carbons (Fsp3) is 0.500. The number of rotatable bonds is 6. The number of alkyl halides is 9. The van der Waals surface area contributed by atoms with Crippen molar-refractivity contribution in [3.63, 3.8) is 0 Å². The van der Waals surface area contributed by atoms with Crippen LogP contribution in [0.15, 0.2) is 36.4 Å². The zero-order valence-electron chi connectivity index (χ0n) is 22.5. The van der Waals surface area contributed by atoms with Crippen LogP contribution in [-0.2, 0) is 34.6 Å². The van der Waals surface area contributed by atoms with Crippen LogP contribution in [0.3, 0.4) is 0 Å². The van der Waals surface area contributed by atoms with E-state index in [9.17, 15) is 49.1 Å². The number of hydrogen-bond acceptors (Lipinski definition) is 3. The molecule has 2 aromatic carbocycles. The number of carbonyl (C=O) groups is 2. The molecule has 0 bridgehead atoms.